The number of aliphatic hydroxyl groups excluding tert-OH is 1. The van der Waals surface area contributed by atoms with Crippen LogP contribution in [0.4, 0.5) is 0 Å². The molecule has 2 N–H and O–H groups in total. The first-order valence-corrected chi connectivity index (χ1v) is 8.10. The summed E-state index contributed by atoms with van der Waals surface area (Å²) in [5.41, 5.74) is 1.04. The molecular formula is C18H27NO2. The summed E-state index contributed by atoms with van der Waals surface area (Å²) in [5.74, 6) is 0.464. The largest absolute Gasteiger partial charge is 0.391 e. The SMILES string of the molecule is CC(C)C(C(=O)NCC(O)C1CCCC1)c1ccccc1. The second kappa shape index (κ2) is 7.60. The third-order valence-corrected chi connectivity index (χ3v) is 4.54. The van der Waals surface area contributed by atoms with E-state index in [-0.39, 0.29) is 17.7 Å². The lowest BCUT2D eigenvalue weighted by atomic mass is 9.87. The third kappa shape index (κ3) is 4.31. The maximum atomic E-state index is 12.5. The molecule has 1 fully saturated rings. The van der Waals surface area contributed by atoms with Crippen molar-refractivity contribution < 1.29 is 9.90 Å². The fourth-order valence-electron chi connectivity index (χ4n) is 3.32. The van der Waals surface area contributed by atoms with Gasteiger partial charge in [-0.3, -0.25) is 4.79 Å². The minimum absolute atomic E-state index is 0.0215. The number of carbonyl (C=O) groups is 1. The van der Waals surface area contributed by atoms with E-state index in [0.29, 0.717) is 12.5 Å². The van der Waals surface area contributed by atoms with Crippen LogP contribution in [0.25, 0.3) is 0 Å². The summed E-state index contributed by atoms with van der Waals surface area (Å²) >= 11 is 0. The maximum Gasteiger partial charge on any atom is 0.227 e. The lowest BCUT2D eigenvalue weighted by Crippen LogP contribution is -2.39. The molecule has 3 heteroatoms. The first-order valence-electron chi connectivity index (χ1n) is 8.10. The normalized spacial score (nSPS) is 18.7. The Labute approximate surface area is 127 Å². The Balaban J connectivity index is 1.93. The number of amides is 1. The zero-order valence-electron chi connectivity index (χ0n) is 13.1. The average molecular weight is 289 g/mol. The highest BCUT2D eigenvalue weighted by Gasteiger charge is 2.27. The molecule has 2 unspecified atom stereocenters. The number of hydrogen-bond donors (Lipinski definition) is 2. The first kappa shape index (κ1) is 16.0. The predicted molar refractivity (Wildman–Crippen MR) is 85.0 cm³/mol. The molecule has 1 amide bonds. The zero-order chi connectivity index (χ0) is 15.2. The number of carbonyl (C=O) groups excluding carboxylic acids is 1. The molecule has 1 aliphatic carbocycles. The van der Waals surface area contributed by atoms with Crippen molar-refractivity contribution in [2.75, 3.05) is 6.54 Å². The summed E-state index contributed by atoms with van der Waals surface area (Å²) in [6.45, 7) is 4.49. The number of rotatable bonds is 6. The number of nitrogens with one attached hydrogen (secondary N) is 1. The van der Waals surface area contributed by atoms with E-state index >= 15 is 0 Å². The Kier molecular flexibility index (Phi) is 5.80. The fourth-order valence-corrected chi connectivity index (χ4v) is 3.32. The van der Waals surface area contributed by atoms with Crippen LogP contribution in [0.5, 0.6) is 0 Å². The van der Waals surface area contributed by atoms with Gasteiger partial charge in [-0.2, -0.15) is 0 Å². The van der Waals surface area contributed by atoms with Crippen LogP contribution in [0.3, 0.4) is 0 Å². The molecule has 2 atom stereocenters. The molecule has 0 aliphatic heterocycles. The lowest BCUT2D eigenvalue weighted by Gasteiger charge is -2.23. The molecule has 1 aromatic carbocycles. The summed E-state index contributed by atoms with van der Waals surface area (Å²) < 4.78 is 0. The van der Waals surface area contributed by atoms with Crippen molar-refractivity contribution in [3.63, 3.8) is 0 Å². The Morgan fingerprint density at radius 2 is 1.86 bits per heavy atom. The van der Waals surface area contributed by atoms with Gasteiger partial charge in [0.25, 0.3) is 0 Å². The summed E-state index contributed by atoms with van der Waals surface area (Å²) in [6.07, 6.45) is 4.18. The third-order valence-electron chi connectivity index (χ3n) is 4.54. The van der Waals surface area contributed by atoms with E-state index in [1.165, 1.54) is 12.8 Å². The summed E-state index contributed by atoms with van der Waals surface area (Å²) in [5, 5.41) is 13.1. The van der Waals surface area contributed by atoms with Crippen LogP contribution in [0, 0.1) is 11.8 Å². The van der Waals surface area contributed by atoms with Gasteiger partial charge in [-0.1, -0.05) is 57.0 Å². The fraction of sp³-hybridized carbons (Fsp3) is 0.611. The molecule has 0 radical (unpaired) electrons. The van der Waals surface area contributed by atoms with Gasteiger partial charge < -0.3 is 10.4 Å². The van der Waals surface area contributed by atoms with Gasteiger partial charge in [0, 0.05) is 6.54 Å². The van der Waals surface area contributed by atoms with E-state index < -0.39 is 6.10 Å². The monoisotopic (exact) mass is 289 g/mol. The first-order chi connectivity index (χ1) is 10.1. The summed E-state index contributed by atoms with van der Waals surface area (Å²) in [4.78, 5) is 12.5. The van der Waals surface area contributed by atoms with Crippen LogP contribution in [-0.2, 0) is 4.79 Å². The van der Waals surface area contributed by atoms with Crippen molar-refractivity contribution in [2.45, 2.75) is 51.6 Å². The van der Waals surface area contributed by atoms with Gasteiger partial charge in [0.15, 0.2) is 0 Å². The molecule has 1 aliphatic rings. The predicted octanol–water partition coefficient (Wildman–Crippen LogP) is 3.09. The van der Waals surface area contributed by atoms with E-state index in [0.717, 1.165) is 18.4 Å². The Morgan fingerprint density at radius 3 is 2.43 bits per heavy atom. The number of hydrogen-bond acceptors (Lipinski definition) is 2. The van der Waals surface area contributed by atoms with Crippen molar-refractivity contribution in [1.82, 2.24) is 5.32 Å². The van der Waals surface area contributed by atoms with E-state index in [2.05, 4.69) is 19.2 Å². The molecule has 0 spiro atoms. The van der Waals surface area contributed by atoms with Gasteiger partial charge in [0.2, 0.25) is 5.91 Å². The summed E-state index contributed by atoms with van der Waals surface area (Å²) in [6, 6.07) is 9.88. The van der Waals surface area contributed by atoms with Crippen molar-refractivity contribution >= 4 is 5.91 Å². The van der Waals surface area contributed by atoms with Crippen molar-refractivity contribution in [3.8, 4) is 0 Å². The van der Waals surface area contributed by atoms with Gasteiger partial charge in [0.05, 0.1) is 12.0 Å². The molecule has 0 bridgehead atoms. The minimum atomic E-state index is -0.403. The molecule has 1 saturated carbocycles. The number of aliphatic hydroxyl groups is 1. The second-order valence-electron chi connectivity index (χ2n) is 6.49. The van der Waals surface area contributed by atoms with Crippen molar-refractivity contribution in [1.29, 1.82) is 0 Å². The average Bonchev–Trinajstić information content (AvgIpc) is 3.00. The van der Waals surface area contributed by atoms with Crippen molar-refractivity contribution in [2.24, 2.45) is 11.8 Å². The molecule has 3 nitrogen and oxygen atoms in total. The highest BCUT2D eigenvalue weighted by atomic mass is 16.3. The minimum Gasteiger partial charge on any atom is -0.391 e. The molecule has 21 heavy (non-hydrogen) atoms. The highest BCUT2D eigenvalue weighted by Crippen LogP contribution is 2.28. The Bertz CT molecular complexity index is 438. The van der Waals surface area contributed by atoms with Crippen LogP contribution in [0.2, 0.25) is 0 Å². The molecular weight excluding hydrogens is 262 g/mol. The van der Waals surface area contributed by atoms with E-state index in [9.17, 15) is 9.90 Å². The lowest BCUT2D eigenvalue weighted by molar-refractivity contribution is -0.124. The summed E-state index contributed by atoms with van der Waals surface area (Å²) in [7, 11) is 0. The Morgan fingerprint density at radius 1 is 1.24 bits per heavy atom. The van der Waals surface area contributed by atoms with Gasteiger partial charge >= 0.3 is 0 Å². The highest BCUT2D eigenvalue weighted by molar-refractivity contribution is 5.83. The standard InChI is InChI=1S/C18H27NO2/c1-13(2)17(15-10-4-3-5-11-15)18(21)19-12-16(20)14-8-6-7-9-14/h3-5,10-11,13-14,16-17,20H,6-9,12H2,1-2H3,(H,19,21). The smallest absolute Gasteiger partial charge is 0.227 e. The van der Waals surface area contributed by atoms with Crippen molar-refractivity contribution in [3.05, 3.63) is 35.9 Å². The molecule has 0 aromatic heterocycles. The number of benzene rings is 1. The van der Waals surface area contributed by atoms with E-state index in [1.807, 2.05) is 30.3 Å². The van der Waals surface area contributed by atoms with Crippen LogP contribution in [0.15, 0.2) is 30.3 Å². The molecule has 116 valence electrons. The Hall–Kier alpha value is -1.35. The topological polar surface area (TPSA) is 49.3 Å². The van der Waals surface area contributed by atoms with E-state index in [4.69, 9.17) is 0 Å². The molecule has 0 saturated heterocycles. The van der Waals surface area contributed by atoms with E-state index in [1.54, 1.807) is 0 Å². The van der Waals surface area contributed by atoms with Gasteiger partial charge in [0.1, 0.15) is 0 Å². The van der Waals surface area contributed by atoms with Gasteiger partial charge in [-0.15, -0.1) is 0 Å². The van der Waals surface area contributed by atoms with Crippen LogP contribution < -0.4 is 5.32 Å². The second-order valence-corrected chi connectivity index (χ2v) is 6.49. The van der Waals surface area contributed by atoms with Crippen LogP contribution >= 0.6 is 0 Å². The van der Waals surface area contributed by atoms with Crippen LogP contribution in [-0.4, -0.2) is 23.7 Å². The molecule has 0 heterocycles. The quantitative estimate of drug-likeness (QED) is 0.845. The van der Waals surface area contributed by atoms with Crippen LogP contribution in [0.1, 0.15) is 51.0 Å². The molecule has 1 aromatic rings. The van der Waals surface area contributed by atoms with Gasteiger partial charge in [-0.05, 0) is 30.2 Å². The zero-order valence-corrected chi connectivity index (χ0v) is 13.1. The van der Waals surface area contributed by atoms with Gasteiger partial charge in [-0.25, -0.2) is 0 Å². The maximum absolute atomic E-state index is 12.5. The molecule has 2 rings (SSSR count).